The molecule has 8 heteroatoms. The Balaban J connectivity index is 0. The van der Waals surface area contributed by atoms with E-state index in [1.165, 1.54) is 0 Å². The molecule has 0 atom stereocenters. The van der Waals surface area contributed by atoms with Crippen LogP contribution in [0.2, 0.25) is 0 Å². The molecule has 0 bridgehead atoms. The van der Waals surface area contributed by atoms with Gasteiger partial charge >= 0.3 is 23.1 Å². The third-order valence-electron chi connectivity index (χ3n) is 0. The summed E-state index contributed by atoms with van der Waals surface area (Å²) in [6.07, 6.45) is 0. The molecule has 8 heavy (non-hydrogen) atoms. The third kappa shape index (κ3) is 826. The molecular weight excluding hydrogens is 136 g/mol. The summed E-state index contributed by atoms with van der Waals surface area (Å²) in [5.41, 5.74) is 0. The summed E-state index contributed by atoms with van der Waals surface area (Å²) in [6, 6.07) is 0. The van der Waals surface area contributed by atoms with Gasteiger partial charge in [0, 0.05) is 0 Å². The van der Waals surface area contributed by atoms with E-state index in [0.29, 0.717) is 0 Å². The van der Waals surface area contributed by atoms with Crippen molar-refractivity contribution in [1.29, 1.82) is 0 Å². The van der Waals surface area contributed by atoms with Crippen LogP contribution in [0, 0.1) is 0 Å². The highest BCUT2D eigenvalue weighted by atomic mass is 24.3. The fourth-order valence-electron chi connectivity index (χ4n) is 0. The second kappa shape index (κ2) is 1330. The Morgan fingerprint density at radius 3 is 0.250 bits per heavy atom. The lowest BCUT2D eigenvalue weighted by Gasteiger charge is -0.413. The first-order valence-electron chi connectivity index (χ1n) is 0. The molecule has 0 aliphatic heterocycles. The molecule has 0 spiro atoms. The largest absolute Gasteiger partial charge is 0.412 e. The monoisotopic (exact) mass is 152 g/mol. The Labute approximate surface area is 62.0 Å². The van der Waals surface area contributed by atoms with Gasteiger partial charge in [0.1, 0.15) is 0 Å². The van der Waals surface area contributed by atoms with E-state index in [2.05, 4.69) is 0 Å². The van der Waals surface area contributed by atoms with Gasteiger partial charge in [-0.15, -0.1) is 0 Å². The van der Waals surface area contributed by atoms with E-state index in [1.54, 1.807) is 0 Å². The van der Waals surface area contributed by atoms with Gasteiger partial charge in [-0.1, -0.05) is 0 Å². The topological polar surface area (TPSA) is 220 Å². The fourth-order valence-corrected chi connectivity index (χ4v) is 0. The van der Waals surface area contributed by atoms with Crippen LogP contribution in [0.4, 0.5) is 0 Å². The van der Waals surface area contributed by atoms with Gasteiger partial charge in [-0.25, -0.2) is 0 Å². The lowest BCUT2D eigenvalue weighted by atomic mass is 16.0. The molecule has 0 unspecified atom stereocenters. The van der Waals surface area contributed by atoms with Crippen LogP contribution in [0.25, 0.3) is 0 Å². The molecule has 0 aliphatic carbocycles. The predicted octanol–water partition coefficient (Wildman–Crippen LogP) is -6.69. The minimum atomic E-state index is 0. The van der Waals surface area contributed by atoms with E-state index < -0.39 is 0 Å². The summed E-state index contributed by atoms with van der Waals surface area (Å²) in [5.74, 6) is 0. The highest BCUT2D eigenvalue weighted by Gasteiger charge is 0.316. The second-order valence-corrected chi connectivity index (χ2v) is 0. The SMILES string of the molecule is O.O.O.O.O.O.O.[MgH2]. The van der Waals surface area contributed by atoms with Crippen LogP contribution >= 0.6 is 0 Å². The van der Waals surface area contributed by atoms with Gasteiger partial charge in [0.05, 0.1) is 0 Å². The van der Waals surface area contributed by atoms with Crippen molar-refractivity contribution in [3.63, 3.8) is 0 Å². The average molecular weight is 152 g/mol. The highest BCUT2D eigenvalue weighted by molar-refractivity contribution is 5.75. The standard InChI is InChI=1S/Mg.7H2O.2H/h;7*1H2;;. The van der Waals surface area contributed by atoms with Crippen molar-refractivity contribution in [2.24, 2.45) is 0 Å². The summed E-state index contributed by atoms with van der Waals surface area (Å²) in [7, 11) is 0. The number of hydrogen-bond donors (Lipinski definition) is 0. The molecule has 60 valence electrons. The number of hydrogen-bond acceptors (Lipinski definition) is 0. The van der Waals surface area contributed by atoms with Crippen molar-refractivity contribution in [2.75, 3.05) is 0 Å². The van der Waals surface area contributed by atoms with Crippen molar-refractivity contribution >= 4 is 23.1 Å². The van der Waals surface area contributed by atoms with Gasteiger partial charge in [-0.2, -0.15) is 0 Å². The Hall–Kier alpha value is 0.486. The minimum Gasteiger partial charge on any atom is -0.412 e. The van der Waals surface area contributed by atoms with Gasteiger partial charge < -0.3 is 38.3 Å². The van der Waals surface area contributed by atoms with E-state index in [1.807, 2.05) is 0 Å². The van der Waals surface area contributed by atoms with Gasteiger partial charge in [0.25, 0.3) is 0 Å². The molecule has 0 radical (unpaired) electrons. The summed E-state index contributed by atoms with van der Waals surface area (Å²) in [4.78, 5) is 0. The number of rotatable bonds is 0. The second-order valence-electron chi connectivity index (χ2n) is 0. The predicted molar refractivity (Wildman–Crippen MR) is 33.8 cm³/mol. The van der Waals surface area contributed by atoms with Crippen LogP contribution < -0.4 is 0 Å². The van der Waals surface area contributed by atoms with Gasteiger partial charge in [0.2, 0.25) is 0 Å². The zero-order chi connectivity index (χ0) is 0. The Kier molecular flexibility index (Phi) is 335000. The van der Waals surface area contributed by atoms with Crippen LogP contribution in [0.15, 0.2) is 0 Å². The molecular formula is H16MgO7. The van der Waals surface area contributed by atoms with Crippen LogP contribution in [0.5, 0.6) is 0 Å². The van der Waals surface area contributed by atoms with Crippen LogP contribution in [-0.2, 0) is 0 Å². The molecule has 0 heterocycles. The average Bonchev–Trinajstić information content (AvgIpc) is 0. The molecule has 0 saturated carbocycles. The molecule has 0 saturated heterocycles. The van der Waals surface area contributed by atoms with Crippen molar-refractivity contribution in [3.8, 4) is 0 Å². The van der Waals surface area contributed by atoms with Gasteiger partial charge in [0.15, 0.2) is 0 Å². The van der Waals surface area contributed by atoms with Gasteiger partial charge in [-0.3, -0.25) is 0 Å². The molecule has 0 aliphatic rings. The maximum absolute atomic E-state index is 0. The zero-order valence-corrected chi connectivity index (χ0v) is 3.50. The van der Waals surface area contributed by atoms with Crippen molar-refractivity contribution in [2.45, 2.75) is 0 Å². The molecule has 0 rings (SSSR count). The van der Waals surface area contributed by atoms with Crippen molar-refractivity contribution in [3.05, 3.63) is 0 Å². The van der Waals surface area contributed by atoms with E-state index >= 15 is 0 Å². The molecule has 0 amide bonds. The first kappa shape index (κ1) is 2010. The van der Waals surface area contributed by atoms with Crippen LogP contribution in [-0.4, -0.2) is 61.4 Å². The first-order chi connectivity index (χ1) is 0. The lowest BCUT2D eigenvalue weighted by molar-refractivity contribution is 0.823. The van der Waals surface area contributed by atoms with E-state index in [4.69, 9.17) is 0 Å². The third-order valence-corrected chi connectivity index (χ3v) is 0. The molecule has 0 aromatic rings. The summed E-state index contributed by atoms with van der Waals surface area (Å²) < 4.78 is 0. The van der Waals surface area contributed by atoms with Crippen molar-refractivity contribution < 1.29 is 38.3 Å². The minimum absolute atomic E-state index is 0. The Morgan fingerprint density at radius 1 is 0.250 bits per heavy atom. The lowest BCUT2D eigenvalue weighted by Crippen LogP contribution is -0.381. The van der Waals surface area contributed by atoms with E-state index in [0.717, 1.165) is 0 Å². The summed E-state index contributed by atoms with van der Waals surface area (Å²) in [5, 5.41) is 0. The van der Waals surface area contributed by atoms with Crippen molar-refractivity contribution in [1.82, 2.24) is 0 Å². The normalized spacial score (nSPS) is 0. The van der Waals surface area contributed by atoms with E-state index in [-0.39, 0.29) is 61.4 Å². The highest BCUT2D eigenvalue weighted by Crippen LogP contribution is -0.283. The van der Waals surface area contributed by atoms with Crippen LogP contribution in [0.1, 0.15) is 0 Å². The summed E-state index contributed by atoms with van der Waals surface area (Å²) >= 11 is 0. The van der Waals surface area contributed by atoms with Crippen LogP contribution in [0.3, 0.4) is 0 Å². The first-order valence-corrected chi connectivity index (χ1v) is 0. The van der Waals surface area contributed by atoms with Gasteiger partial charge in [-0.05, 0) is 0 Å². The smallest absolute Gasteiger partial charge is 0.316 e. The Bertz CT molecular complexity index is 4.35. The fraction of sp³-hybridized carbons (Fsp3) is 0. The summed E-state index contributed by atoms with van der Waals surface area (Å²) in [6.45, 7) is 0. The molecule has 0 aromatic heterocycles. The Morgan fingerprint density at radius 2 is 0.250 bits per heavy atom. The quantitative estimate of drug-likeness (QED) is 0.295. The maximum Gasteiger partial charge on any atom is 0.316 e. The molecule has 7 nitrogen and oxygen atoms in total. The molecule has 14 N–H and O–H groups in total. The maximum atomic E-state index is 0. The molecule has 0 fully saturated rings. The van der Waals surface area contributed by atoms with E-state index in [9.17, 15) is 0 Å². The molecule has 0 aromatic carbocycles. The zero-order valence-electron chi connectivity index (χ0n) is 3.50.